The maximum atomic E-state index is 4.31. The number of pyridine rings is 1. The highest BCUT2D eigenvalue weighted by Crippen LogP contribution is 2.23. The Kier molecular flexibility index (Phi) is 1.46. The number of aromatic nitrogens is 1. The smallest absolute Gasteiger partial charge is 0.0688 e. The summed E-state index contributed by atoms with van der Waals surface area (Å²) in [5.74, 6) is 0.562. The van der Waals surface area contributed by atoms with Gasteiger partial charge < -0.3 is 0 Å². The topological polar surface area (TPSA) is 25.2 Å². The highest BCUT2D eigenvalue weighted by atomic mass is 14.8. The lowest BCUT2D eigenvalue weighted by molar-refractivity contribution is 0.767. The lowest BCUT2D eigenvalue weighted by Gasteiger charge is -2.12. The molecule has 1 aliphatic heterocycles. The summed E-state index contributed by atoms with van der Waals surface area (Å²) in [6, 6.07) is 1.96. The van der Waals surface area contributed by atoms with Crippen LogP contribution in [0.15, 0.2) is 23.5 Å². The number of aliphatic imine (C=N–C) groups is 1. The van der Waals surface area contributed by atoms with E-state index in [0.717, 1.165) is 12.1 Å². The summed E-state index contributed by atoms with van der Waals surface area (Å²) in [6.45, 7) is 2.17. The number of hydrogen-bond donors (Lipinski definition) is 0. The zero-order valence-electron chi connectivity index (χ0n) is 6.49. The van der Waals surface area contributed by atoms with E-state index in [4.69, 9.17) is 0 Å². The molecule has 0 saturated heterocycles. The number of rotatable bonds is 0. The molecule has 0 aliphatic carbocycles. The summed E-state index contributed by atoms with van der Waals surface area (Å²) in [6.07, 6.45) is 6.77. The van der Waals surface area contributed by atoms with Crippen molar-refractivity contribution in [2.75, 3.05) is 0 Å². The quantitative estimate of drug-likeness (QED) is 0.549. The highest BCUT2D eigenvalue weighted by Gasteiger charge is 2.09. The Hall–Kier alpha value is -1.18. The molecule has 0 saturated carbocycles. The van der Waals surface area contributed by atoms with E-state index in [1.54, 1.807) is 6.20 Å². The van der Waals surface area contributed by atoms with Gasteiger partial charge in [0.05, 0.1) is 5.69 Å². The van der Waals surface area contributed by atoms with Crippen LogP contribution in [0.2, 0.25) is 0 Å². The summed E-state index contributed by atoms with van der Waals surface area (Å²) in [7, 11) is 0. The van der Waals surface area contributed by atoms with Crippen molar-refractivity contribution < 1.29 is 0 Å². The minimum Gasteiger partial charge on any atom is -0.264 e. The molecule has 1 aliphatic rings. The van der Waals surface area contributed by atoms with Gasteiger partial charge in [0, 0.05) is 18.6 Å². The lowest BCUT2D eigenvalue weighted by Crippen LogP contribution is -2.05. The molecule has 1 atom stereocenters. The second-order valence-electron chi connectivity index (χ2n) is 2.96. The van der Waals surface area contributed by atoms with Crippen LogP contribution in [0.5, 0.6) is 0 Å². The first-order valence-electron chi connectivity index (χ1n) is 3.83. The monoisotopic (exact) mass is 146 g/mol. The Balaban J connectivity index is 2.46. The third kappa shape index (κ3) is 1.16. The second kappa shape index (κ2) is 2.46. The Labute approximate surface area is 66.0 Å². The van der Waals surface area contributed by atoms with E-state index >= 15 is 0 Å². The van der Waals surface area contributed by atoms with Crippen molar-refractivity contribution >= 4 is 11.9 Å². The number of nitrogens with zero attached hydrogens (tertiary/aromatic N) is 2. The fraction of sp³-hybridized carbons (Fsp3) is 0.333. The van der Waals surface area contributed by atoms with Gasteiger partial charge in [-0.25, -0.2) is 0 Å². The largest absolute Gasteiger partial charge is 0.264 e. The summed E-state index contributed by atoms with van der Waals surface area (Å²) >= 11 is 0. The van der Waals surface area contributed by atoms with Crippen molar-refractivity contribution in [1.29, 1.82) is 0 Å². The molecule has 0 radical (unpaired) electrons. The van der Waals surface area contributed by atoms with Gasteiger partial charge >= 0.3 is 0 Å². The molecule has 2 heteroatoms. The van der Waals surface area contributed by atoms with Crippen LogP contribution in [0.1, 0.15) is 12.5 Å². The standard InChI is InChI=1S/C9H10N2/c1-7-4-8-6-10-3-2-9(8)11-5-7/h2-3,5-7H,4H2,1H3. The van der Waals surface area contributed by atoms with Gasteiger partial charge in [-0.05, 0) is 24.0 Å². The molecule has 0 amide bonds. The van der Waals surface area contributed by atoms with E-state index in [0.29, 0.717) is 5.92 Å². The van der Waals surface area contributed by atoms with Gasteiger partial charge in [-0.2, -0.15) is 0 Å². The third-order valence-corrected chi connectivity index (χ3v) is 1.89. The average molecular weight is 146 g/mol. The summed E-state index contributed by atoms with van der Waals surface area (Å²) in [4.78, 5) is 8.37. The normalized spacial score (nSPS) is 21.4. The maximum Gasteiger partial charge on any atom is 0.0688 e. The van der Waals surface area contributed by atoms with E-state index < -0.39 is 0 Å². The molecule has 11 heavy (non-hydrogen) atoms. The van der Waals surface area contributed by atoms with Gasteiger partial charge in [0.15, 0.2) is 0 Å². The second-order valence-corrected chi connectivity index (χ2v) is 2.96. The Bertz CT molecular complexity index is 291. The molecular formula is C9H10N2. The molecular weight excluding hydrogens is 136 g/mol. The zero-order chi connectivity index (χ0) is 7.68. The van der Waals surface area contributed by atoms with Crippen LogP contribution in [0.25, 0.3) is 0 Å². The van der Waals surface area contributed by atoms with Crippen LogP contribution in [0.3, 0.4) is 0 Å². The predicted octanol–water partition coefficient (Wildman–Crippen LogP) is 1.98. The fourth-order valence-electron chi connectivity index (χ4n) is 1.31. The number of hydrogen-bond acceptors (Lipinski definition) is 2. The molecule has 1 aromatic rings. The SMILES string of the molecule is CC1C=Nc2ccncc2C1. The molecule has 2 heterocycles. The minimum absolute atomic E-state index is 0.562. The van der Waals surface area contributed by atoms with Crippen LogP contribution >= 0.6 is 0 Å². The average Bonchev–Trinajstić information content (AvgIpc) is 2.04. The molecule has 1 aromatic heterocycles. The van der Waals surface area contributed by atoms with E-state index in [1.165, 1.54) is 5.56 Å². The number of fused-ring (bicyclic) bond motifs is 1. The van der Waals surface area contributed by atoms with Crippen LogP contribution < -0.4 is 0 Å². The molecule has 2 rings (SSSR count). The van der Waals surface area contributed by atoms with Crippen LogP contribution in [-0.4, -0.2) is 11.2 Å². The molecule has 0 fully saturated rings. The predicted molar refractivity (Wildman–Crippen MR) is 45.3 cm³/mol. The van der Waals surface area contributed by atoms with Gasteiger partial charge in [0.2, 0.25) is 0 Å². The van der Waals surface area contributed by atoms with E-state index in [-0.39, 0.29) is 0 Å². The van der Waals surface area contributed by atoms with Gasteiger partial charge in [0.1, 0.15) is 0 Å². The van der Waals surface area contributed by atoms with Crippen LogP contribution in [0.4, 0.5) is 5.69 Å². The van der Waals surface area contributed by atoms with Gasteiger partial charge in [0.25, 0.3) is 0 Å². The molecule has 2 nitrogen and oxygen atoms in total. The Morgan fingerprint density at radius 1 is 1.55 bits per heavy atom. The van der Waals surface area contributed by atoms with Gasteiger partial charge in [-0.1, -0.05) is 6.92 Å². The van der Waals surface area contributed by atoms with Crippen molar-refractivity contribution in [2.45, 2.75) is 13.3 Å². The minimum atomic E-state index is 0.562. The first-order chi connectivity index (χ1) is 5.36. The summed E-state index contributed by atoms with van der Waals surface area (Å²) in [5, 5.41) is 0. The van der Waals surface area contributed by atoms with E-state index in [1.807, 2.05) is 18.5 Å². The van der Waals surface area contributed by atoms with Crippen molar-refractivity contribution in [3.63, 3.8) is 0 Å². The zero-order valence-corrected chi connectivity index (χ0v) is 6.49. The molecule has 0 N–H and O–H groups in total. The van der Waals surface area contributed by atoms with E-state index in [9.17, 15) is 0 Å². The molecule has 0 bridgehead atoms. The maximum absolute atomic E-state index is 4.31. The lowest BCUT2D eigenvalue weighted by atomic mass is 10.00. The molecule has 1 unspecified atom stereocenters. The van der Waals surface area contributed by atoms with E-state index in [2.05, 4.69) is 16.9 Å². The van der Waals surface area contributed by atoms with Crippen LogP contribution in [-0.2, 0) is 6.42 Å². The molecule has 56 valence electrons. The van der Waals surface area contributed by atoms with Gasteiger partial charge in [-0.3, -0.25) is 9.98 Å². The summed E-state index contributed by atoms with van der Waals surface area (Å²) < 4.78 is 0. The fourth-order valence-corrected chi connectivity index (χ4v) is 1.31. The van der Waals surface area contributed by atoms with Crippen molar-refractivity contribution in [3.05, 3.63) is 24.0 Å². The Morgan fingerprint density at radius 3 is 3.36 bits per heavy atom. The third-order valence-electron chi connectivity index (χ3n) is 1.89. The van der Waals surface area contributed by atoms with Gasteiger partial charge in [-0.15, -0.1) is 0 Å². The van der Waals surface area contributed by atoms with Crippen molar-refractivity contribution in [2.24, 2.45) is 10.9 Å². The first kappa shape index (κ1) is 6.53. The molecule has 0 spiro atoms. The summed E-state index contributed by atoms with van der Waals surface area (Å²) in [5.41, 5.74) is 2.35. The van der Waals surface area contributed by atoms with Crippen LogP contribution in [0, 0.1) is 5.92 Å². The Morgan fingerprint density at radius 2 is 2.45 bits per heavy atom. The highest BCUT2D eigenvalue weighted by molar-refractivity contribution is 5.70. The van der Waals surface area contributed by atoms with Crippen molar-refractivity contribution in [1.82, 2.24) is 4.98 Å². The van der Waals surface area contributed by atoms with Crippen molar-refractivity contribution in [3.8, 4) is 0 Å². The first-order valence-corrected chi connectivity index (χ1v) is 3.83. The molecule has 0 aromatic carbocycles.